The fraction of sp³-hybridized carbons (Fsp3) is 0.263. The molecule has 0 bridgehead atoms. The van der Waals surface area contributed by atoms with Crippen LogP contribution >= 0.6 is 11.6 Å². The van der Waals surface area contributed by atoms with E-state index in [9.17, 15) is 4.79 Å². The van der Waals surface area contributed by atoms with Gasteiger partial charge in [0.1, 0.15) is 12.4 Å². The van der Waals surface area contributed by atoms with Gasteiger partial charge >= 0.3 is 0 Å². The van der Waals surface area contributed by atoms with Crippen molar-refractivity contribution in [2.75, 3.05) is 27.4 Å². The van der Waals surface area contributed by atoms with Gasteiger partial charge in [0.15, 0.2) is 23.9 Å². The number of nitrogens with zero attached hydrogens (tertiary/aromatic N) is 1. The van der Waals surface area contributed by atoms with E-state index in [-0.39, 0.29) is 19.0 Å². The molecule has 0 fully saturated rings. The number of hydrogen-bond donors (Lipinski definition) is 0. The lowest BCUT2D eigenvalue weighted by Crippen LogP contribution is -2.07. The second kappa shape index (κ2) is 9.68. The highest BCUT2D eigenvalue weighted by molar-refractivity contribution is 6.32. The van der Waals surface area contributed by atoms with Crippen LogP contribution in [0.5, 0.6) is 17.2 Å². The molecule has 0 atom stereocenters. The van der Waals surface area contributed by atoms with Crippen molar-refractivity contribution in [1.29, 1.82) is 0 Å². The molecular formula is C19H20ClNO5. The normalized spacial score (nSPS) is 10.6. The summed E-state index contributed by atoms with van der Waals surface area (Å²) in [6.07, 6.45) is 1.51. The molecule has 0 heterocycles. The summed E-state index contributed by atoms with van der Waals surface area (Å²) in [6, 6.07) is 10.5. The number of oxime groups is 1. The van der Waals surface area contributed by atoms with Crippen LogP contribution in [0.15, 0.2) is 41.6 Å². The Morgan fingerprint density at radius 3 is 2.58 bits per heavy atom. The minimum atomic E-state index is -0.0510. The number of para-hydroxylation sites is 1. The highest BCUT2D eigenvalue weighted by atomic mass is 35.5. The standard InChI is InChI=1S/C19H20ClNO5/c1-13(22)15-6-4-5-7-17(15)25-8-9-26-21-12-14-10-16(20)19(24-3)18(11-14)23-2/h4-7,10-12H,8-9H2,1-3H3. The van der Waals surface area contributed by atoms with Gasteiger partial charge in [-0.3, -0.25) is 4.79 Å². The van der Waals surface area contributed by atoms with Crippen LogP contribution in [0.3, 0.4) is 0 Å². The number of carbonyl (C=O) groups is 1. The van der Waals surface area contributed by atoms with Crippen molar-refractivity contribution < 1.29 is 23.8 Å². The zero-order valence-electron chi connectivity index (χ0n) is 14.8. The second-order valence-electron chi connectivity index (χ2n) is 5.21. The third-order valence-electron chi connectivity index (χ3n) is 3.43. The Bertz CT molecular complexity index is 791. The van der Waals surface area contributed by atoms with E-state index in [1.165, 1.54) is 27.4 Å². The summed E-state index contributed by atoms with van der Waals surface area (Å²) in [4.78, 5) is 16.7. The fourth-order valence-electron chi connectivity index (χ4n) is 2.24. The number of benzene rings is 2. The first-order chi connectivity index (χ1) is 12.6. The van der Waals surface area contributed by atoms with Gasteiger partial charge in [-0.2, -0.15) is 0 Å². The first-order valence-electron chi connectivity index (χ1n) is 7.86. The number of hydrogen-bond acceptors (Lipinski definition) is 6. The lowest BCUT2D eigenvalue weighted by Gasteiger charge is -2.10. The van der Waals surface area contributed by atoms with E-state index >= 15 is 0 Å². The van der Waals surface area contributed by atoms with Crippen molar-refractivity contribution in [3.8, 4) is 17.2 Å². The van der Waals surface area contributed by atoms with Crippen LogP contribution in [-0.4, -0.2) is 39.4 Å². The largest absolute Gasteiger partial charge is 0.493 e. The van der Waals surface area contributed by atoms with E-state index in [4.69, 9.17) is 30.6 Å². The number of Topliss-reactive ketones (excluding diaryl/α,β-unsaturated/α-hetero) is 1. The van der Waals surface area contributed by atoms with Gasteiger partial charge in [-0.05, 0) is 31.2 Å². The molecule has 7 heteroatoms. The van der Waals surface area contributed by atoms with E-state index in [0.29, 0.717) is 33.4 Å². The van der Waals surface area contributed by atoms with E-state index in [0.717, 1.165) is 0 Å². The molecule has 0 aliphatic rings. The summed E-state index contributed by atoms with van der Waals surface area (Å²) in [7, 11) is 3.05. The number of ether oxygens (including phenoxy) is 3. The van der Waals surface area contributed by atoms with Crippen LogP contribution in [0.25, 0.3) is 0 Å². The number of halogens is 1. The Labute approximate surface area is 157 Å². The molecule has 0 saturated carbocycles. The van der Waals surface area contributed by atoms with Crippen molar-refractivity contribution in [3.05, 3.63) is 52.5 Å². The molecule has 0 amide bonds. The molecular weight excluding hydrogens is 358 g/mol. The third-order valence-corrected chi connectivity index (χ3v) is 3.71. The average Bonchev–Trinajstić information content (AvgIpc) is 2.64. The number of carbonyl (C=O) groups excluding carboxylic acids is 1. The van der Waals surface area contributed by atoms with Crippen LogP contribution in [0, 0.1) is 0 Å². The van der Waals surface area contributed by atoms with Gasteiger partial charge in [-0.25, -0.2) is 0 Å². The van der Waals surface area contributed by atoms with E-state index < -0.39 is 0 Å². The molecule has 2 aromatic rings. The molecule has 0 aliphatic carbocycles. The summed E-state index contributed by atoms with van der Waals surface area (Å²) in [5.74, 6) is 1.44. The van der Waals surface area contributed by atoms with Gasteiger partial charge in [-0.1, -0.05) is 28.9 Å². The summed E-state index contributed by atoms with van der Waals surface area (Å²) in [5, 5.41) is 4.29. The fourth-order valence-corrected chi connectivity index (χ4v) is 2.53. The molecule has 0 radical (unpaired) electrons. The first kappa shape index (κ1) is 19.6. The van der Waals surface area contributed by atoms with Gasteiger partial charge in [0.25, 0.3) is 0 Å². The molecule has 26 heavy (non-hydrogen) atoms. The predicted octanol–water partition coefficient (Wildman–Crippen LogP) is 3.99. The smallest absolute Gasteiger partial charge is 0.179 e. The minimum Gasteiger partial charge on any atom is -0.493 e. The highest BCUT2D eigenvalue weighted by Gasteiger charge is 2.10. The zero-order chi connectivity index (χ0) is 18.9. The lowest BCUT2D eigenvalue weighted by molar-refractivity contribution is 0.0987. The summed E-state index contributed by atoms with van der Waals surface area (Å²) >= 11 is 6.13. The molecule has 0 aromatic heterocycles. The molecule has 0 spiro atoms. The molecule has 0 unspecified atom stereocenters. The SMILES string of the molecule is COc1cc(C=NOCCOc2ccccc2C(C)=O)cc(Cl)c1OC. The summed E-state index contributed by atoms with van der Waals surface area (Å²) in [6.45, 7) is 1.98. The maximum absolute atomic E-state index is 11.5. The minimum absolute atomic E-state index is 0.0510. The van der Waals surface area contributed by atoms with Crippen molar-refractivity contribution in [1.82, 2.24) is 0 Å². The zero-order valence-corrected chi connectivity index (χ0v) is 15.6. The van der Waals surface area contributed by atoms with Crippen molar-refractivity contribution >= 4 is 23.6 Å². The van der Waals surface area contributed by atoms with Crippen LogP contribution in [0.1, 0.15) is 22.8 Å². The van der Waals surface area contributed by atoms with Crippen molar-refractivity contribution in [3.63, 3.8) is 0 Å². The number of rotatable bonds is 9. The quantitative estimate of drug-likeness (QED) is 0.286. The Balaban J connectivity index is 1.87. The Kier molecular flexibility index (Phi) is 7.29. The predicted molar refractivity (Wildman–Crippen MR) is 100 cm³/mol. The second-order valence-corrected chi connectivity index (χ2v) is 5.61. The maximum Gasteiger partial charge on any atom is 0.179 e. The van der Waals surface area contributed by atoms with Crippen LogP contribution < -0.4 is 14.2 Å². The summed E-state index contributed by atoms with van der Waals surface area (Å²) in [5.41, 5.74) is 1.24. The first-order valence-corrected chi connectivity index (χ1v) is 8.24. The van der Waals surface area contributed by atoms with Crippen molar-refractivity contribution in [2.45, 2.75) is 6.92 Å². The van der Waals surface area contributed by atoms with E-state index in [1.807, 2.05) is 6.07 Å². The van der Waals surface area contributed by atoms with Crippen LogP contribution in [-0.2, 0) is 4.84 Å². The van der Waals surface area contributed by atoms with Gasteiger partial charge in [0, 0.05) is 5.56 Å². The average molecular weight is 378 g/mol. The molecule has 138 valence electrons. The molecule has 0 aliphatic heterocycles. The molecule has 6 nitrogen and oxygen atoms in total. The van der Waals surface area contributed by atoms with Crippen LogP contribution in [0.2, 0.25) is 5.02 Å². The van der Waals surface area contributed by atoms with E-state index in [1.54, 1.807) is 30.3 Å². The Morgan fingerprint density at radius 1 is 1.12 bits per heavy atom. The Hall–Kier alpha value is -2.73. The maximum atomic E-state index is 11.5. The highest BCUT2D eigenvalue weighted by Crippen LogP contribution is 2.35. The molecule has 0 saturated heterocycles. The van der Waals surface area contributed by atoms with Crippen molar-refractivity contribution in [2.24, 2.45) is 5.16 Å². The van der Waals surface area contributed by atoms with Gasteiger partial charge in [0.2, 0.25) is 0 Å². The monoisotopic (exact) mass is 377 g/mol. The molecule has 2 aromatic carbocycles. The topological polar surface area (TPSA) is 66.3 Å². The summed E-state index contributed by atoms with van der Waals surface area (Å²) < 4.78 is 16.0. The molecule has 2 rings (SSSR count). The van der Waals surface area contributed by atoms with E-state index in [2.05, 4.69) is 5.16 Å². The van der Waals surface area contributed by atoms with Gasteiger partial charge in [0.05, 0.1) is 31.0 Å². The Morgan fingerprint density at radius 2 is 1.88 bits per heavy atom. The number of methoxy groups -OCH3 is 2. The van der Waals surface area contributed by atoms with Gasteiger partial charge < -0.3 is 19.0 Å². The third kappa shape index (κ3) is 5.13. The molecule has 0 N–H and O–H groups in total. The lowest BCUT2D eigenvalue weighted by atomic mass is 10.1. The van der Waals surface area contributed by atoms with Crippen LogP contribution in [0.4, 0.5) is 0 Å². The van der Waals surface area contributed by atoms with Gasteiger partial charge in [-0.15, -0.1) is 0 Å². The number of ketones is 1.